The van der Waals surface area contributed by atoms with Gasteiger partial charge in [0.2, 0.25) is 5.03 Å². The van der Waals surface area contributed by atoms with E-state index in [2.05, 4.69) is 10.4 Å². The number of hydrogen-bond acceptors (Lipinski definition) is 6. The zero-order chi connectivity index (χ0) is 15.1. The predicted molar refractivity (Wildman–Crippen MR) is 80.1 cm³/mol. The molecule has 20 heavy (non-hydrogen) atoms. The van der Waals surface area contributed by atoms with Gasteiger partial charge in [0.15, 0.2) is 10.8 Å². The third kappa shape index (κ3) is 2.30. The van der Waals surface area contributed by atoms with E-state index in [1.54, 1.807) is 23.0 Å². The summed E-state index contributed by atoms with van der Waals surface area (Å²) in [5, 5.41) is 1.86. The zero-order valence-electron chi connectivity index (χ0n) is 11.9. The molecule has 2 rings (SSSR count). The fourth-order valence-electron chi connectivity index (χ4n) is 1.88. The van der Waals surface area contributed by atoms with Crippen LogP contribution in [0, 0.1) is 5.92 Å². The van der Waals surface area contributed by atoms with Crippen LogP contribution < -0.4 is 11.3 Å². The molecule has 9 heteroatoms. The molecule has 0 fully saturated rings. The fourth-order valence-corrected chi connectivity index (χ4v) is 4.35. The Morgan fingerprint density at radius 1 is 1.45 bits per heavy atom. The molecular weight excluding hydrogens is 298 g/mol. The lowest BCUT2D eigenvalue weighted by Gasteiger charge is -2.27. The highest BCUT2D eigenvalue weighted by molar-refractivity contribution is 7.89. The molecule has 0 saturated carbocycles. The van der Waals surface area contributed by atoms with Gasteiger partial charge in [-0.15, -0.1) is 11.3 Å². The minimum Gasteiger partial charge on any atom is -0.306 e. The number of sulfonamides is 1. The summed E-state index contributed by atoms with van der Waals surface area (Å²) in [4.78, 5) is 4.77. The highest BCUT2D eigenvalue weighted by atomic mass is 32.2. The van der Waals surface area contributed by atoms with Gasteiger partial charge in [-0.05, 0) is 12.8 Å². The van der Waals surface area contributed by atoms with E-state index in [-0.39, 0.29) is 22.8 Å². The Balaban J connectivity index is 2.59. The summed E-state index contributed by atoms with van der Waals surface area (Å²) in [6.07, 6.45) is 1.68. The van der Waals surface area contributed by atoms with Crippen molar-refractivity contribution in [3.8, 4) is 0 Å². The number of aromatic nitrogens is 2. The number of hydrazine groups is 1. The Hall–Kier alpha value is -1.16. The molecule has 7 nitrogen and oxygen atoms in total. The minimum atomic E-state index is -3.68. The number of anilines is 1. The van der Waals surface area contributed by atoms with Gasteiger partial charge in [0, 0.05) is 24.7 Å². The molecule has 0 saturated heterocycles. The lowest BCUT2D eigenvalue weighted by Crippen LogP contribution is -2.39. The molecule has 0 aliphatic rings. The van der Waals surface area contributed by atoms with Gasteiger partial charge in [0.25, 0.3) is 10.0 Å². The minimum absolute atomic E-state index is 0.0752. The zero-order valence-corrected chi connectivity index (χ0v) is 13.5. The van der Waals surface area contributed by atoms with Gasteiger partial charge in [-0.25, -0.2) is 14.3 Å². The number of nitrogens with one attached hydrogen (secondary N) is 1. The summed E-state index contributed by atoms with van der Waals surface area (Å²) in [6, 6.07) is -0.130. The summed E-state index contributed by atoms with van der Waals surface area (Å²) in [5.74, 6) is 5.77. The Kier molecular flexibility index (Phi) is 4.05. The van der Waals surface area contributed by atoms with Crippen molar-refractivity contribution in [2.24, 2.45) is 11.8 Å². The van der Waals surface area contributed by atoms with Gasteiger partial charge in [-0.3, -0.25) is 4.40 Å². The third-order valence-electron chi connectivity index (χ3n) is 3.52. The topological polar surface area (TPSA) is 92.7 Å². The number of imidazole rings is 1. The second kappa shape index (κ2) is 5.32. The van der Waals surface area contributed by atoms with Crippen LogP contribution in [0.5, 0.6) is 0 Å². The molecule has 1 unspecified atom stereocenters. The Labute approximate surface area is 122 Å². The molecule has 0 aliphatic heterocycles. The Morgan fingerprint density at radius 2 is 2.10 bits per heavy atom. The Morgan fingerprint density at radius 3 is 2.65 bits per heavy atom. The van der Waals surface area contributed by atoms with Crippen LogP contribution in [0.2, 0.25) is 0 Å². The van der Waals surface area contributed by atoms with E-state index < -0.39 is 10.0 Å². The normalized spacial score (nSPS) is 14.3. The van der Waals surface area contributed by atoms with E-state index in [1.807, 2.05) is 20.8 Å². The molecule has 2 heterocycles. The van der Waals surface area contributed by atoms with Crippen molar-refractivity contribution in [1.82, 2.24) is 13.7 Å². The number of rotatable bonds is 5. The SMILES string of the molecule is CC(C)C(C)N(C)S(=O)(=O)c1c(NN)nc2sccn12. The fraction of sp³-hybridized carbons (Fsp3) is 0.545. The molecule has 112 valence electrons. The van der Waals surface area contributed by atoms with Crippen molar-refractivity contribution in [3.05, 3.63) is 11.6 Å². The van der Waals surface area contributed by atoms with Crippen LogP contribution in [-0.4, -0.2) is 35.2 Å². The summed E-state index contributed by atoms with van der Waals surface area (Å²) in [7, 11) is -2.11. The number of nitrogens with two attached hydrogens (primary N) is 1. The first-order valence-corrected chi connectivity index (χ1v) is 8.53. The first kappa shape index (κ1) is 15.2. The second-order valence-corrected chi connectivity index (χ2v) is 7.76. The van der Waals surface area contributed by atoms with Gasteiger partial charge in [0.1, 0.15) is 0 Å². The molecule has 1 atom stereocenters. The third-order valence-corrected chi connectivity index (χ3v) is 6.24. The van der Waals surface area contributed by atoms with Gasteiger partial charge >= 0.3 is 0 Å². The first-order valence-electron chi connectivity index (χ1n) is 6.21. The highest BCUT2D eigenvalue weighted by Gasteiger charge is 2.33. The summed E-state index contributed by atoms with van der Waals surface area (Å²) in [6.45, 7) is 5.84. The van der Waals surface area contributed by atoms with E-state index in [0.29, 0.717) is 4.96 Å². The molecule has 0 aromatic carbocycles. The summed E-state index contributed by atoms with van der Waals surface area (Å²) < 4.78 is 28.5. The van der Waals surface area contributed by atoms with Gasteiger partial charge in [-0.2, -0.15) is 9.29 Å². The molecule has 2 aromatic rings. The van der Waals surface area contributed by atoms with E-state index in [1.165, 1.54) is 15.6 Å². The van der Waals surface area contributed by atoms with Crippen molar-refractivity contribution in [2.75, 3.05) is 12.5 Å². The summed E-state index contributed by atoms with van der Waals surface area (Å²) >= 11 is 1.35. The summed E-state index contributed by atoms with van der Waals surface area (Å²) in [5.41, 5.74) is 2.37. The van der Waals surface area contributed by atoms with Gasteiger partial charge in [-0.1, -0.05) is 13.8 Å². The Bertz CT molecular complexity index is 704. The van der Waals surface area contributed by atoms with Crippen molar-refractivity contribution >= 4 is 32.1 Å². The number of fused-ring (bicyclic) bond motifs is 1. The number of hydrogen-bond donors (Lipinski definition) is 2. The van der Waals surface area contributed by atoms with E-state index in [9.17, 15) is 8.42 Å². The number of thiazole rings is 1. The lowest BCUT2D eigenvalue weighted by atomic mass is 10.1. The largest absolute Gasteiger partial charge is 0.306 e. The standard InChI is InChI=1S/C11H19N5O2S2/c1-7(2)8(3)15(4)20(17,18)10-9(14-12)13-11-16(10)5-6-19-11/h5-8,14H,12H2,1-4H3. The van der Waals surface area contributed by atoms with Crippen LogP contribution in [0.25, 0.3) is 4.96 Å². The van der Waals surface area contributed by atoms with Crippen LogP contribution in [0.4, 0.5) is 5.82 Å². The molecule has 0 aliphatic carbocycles. The van der Waals surface area contributed by atoms with E-state index in [0.717, 1.165) is 0 Å². The molecule has 0 amide bonds. The maximum Gasteiger partial charge on any atom is 0.262 e. The monoisotopic (exact) mass is 317 g/mol. The van der Waals surface area contributed by atoms with Crippen molar-refractivity contribution in [3.63, 3.8) is 0 Å². The molecule has 2 aromatic heterocycles. The smallest absolute Gasteiger partial charge is 0.262 e. The average Bonchev–Trinajstić information content (AvgIpc) is 2.95. The second-order valence-electron chi connectivity index (χ2n) is 4.97. The van der Waals surface area contributed by atoms with Crippen LogP contribution in [-0.2, 0) is 10.0 Å². The van der Waals surface area contributed by atoms with Gasteiger partial charge < -0.3 is 5.43 Å². The van der Waals surface area contributed by atoms with Crippen molar-refractivity contribution in [2.45, 2.75) is 31.8 Å². The maximum absolute atomic E-state index is 12.8. The molecule has 0 bridgehead atoms. The van der Waals surface area contributed by atoms with Crippen LogP contribution >= 0.6 is 11.3 Å². The molecule has 3 N–H and O–H groups in total. The van der Waals surface area contributed by atoms with Crippen LogP contribution in [0.3, 0.4) is 0 Å². The maximum atomic E-state index is 12.8. The average molecular weight is 317 g/mol. The quantitative estimate of drug-likeness (QED) is 0.641. The molecular formula is C11H19N5O2S2. The van der Waals surface area contributed by atoms with Crippen LogP contribution in [0.1, 0.15) is 20.8 Å². The van der Waals surface area contributed by atoms with Crippen molar-refractivity contribution < 1.29 is 8.42 Å². The van der Waals surface area contributed by atoms with E-state index >= 15 is 0 Å². The number of nitrogen functional groups attached to an aromatic ring is 1. The molecule has 0 spiro atoms. The number of nitrogens with zero attached hydrogens (tertiary/aromatic N) is 3. The van der Waals surface area contributed by atoms with Gasteiger partial charge in [0.05, 0.1) is 0 Å². The highest BCUT2D eigenvalue weighted by Crippen LogP contribution is 2.28. The van der Waals surface area contributed by atoms with Crippen LogP contribution in [0.15, 0.2) is 16.6 Å². The molecule has 0 radical (unpaired) electrons. The predicted octanol–water partition coefficient (Wildman–Crippen LogP) is 1.35. The lowest BCUT2D eigenvalue weighted by molar-refractivity contribution is 0.315. The first-order chi connectivity index (χ1) is 9.30. The van der Waals surface area contributed by atoms with Crippen molar-refractivity contribution in [1.29, 1.82) is 0 Å². The van der Waals surface area contributed by atoms with E-state index in [4.69, 9.17) is 5.84 Å².